The standard InChI is InChI=1S/C12H11NO5/c1-16-10(14)12(5-17-6-12)7-2-3-9-8(4-7)13-11(15)18-9/h2-4H,5-6H2,1H3,(H,13,15). The zero-order valence-corrected chi connectivity index (χ0v) is 9.69. The number of oxazole rings is 1. The van der Waals surface area contributed by atoms with Gasteiger partial charge in [0.15, 0.2) is 5.58 Å². The number of H-pyrrole nitrogens is 1. The Kier molecular flexibility index (Phi) is 2.27. The molecule has 0 saturated carbocycles. The van der Waals surface area contributed by atoms with Crippen LogP contribution in [0.3, 0.4) is 0 Å². The molecule has 1 aliphatic heterocycles. The Labute approximate surface area is 101 Å². The lowest BCUT2D eigenvalue weighted by atomic mass is 9.78. The fourth-order valence-electron chi connectivity index (χ4n) is 2.15. The molecule has 1 fully saturated rings. The molecule has 1 aromatic heterocycles. The molecular formula is C12H11NO5. The maximum atomic E-state index is 11.9. The van der Waals surface area contributed by atoms with E-state index in [1.165, 1.54) is 7.11 Å². The van der Waals surface area contributed by atoms with Gasteiger partial charge in [-0.05, 0) is 17.7 Å². The lowest BCUT2D eigenvalue weighted by molar-refractivity contribution is -0.166. The molecule has 0 spiro atoms. The smallest absolute Gasteiger partial charge is 0.417 e. The second-order valence-corrected chi connectivity index (χ2v) is 4.29. The van der Waals surface area contributed by atoms with Crippen molar-refractivity contribution < 1.29 is 18.7 Å². The highest BCUT2D eigenvalue weighted by Gasteiger charge is 2.48. The van der Waals surface area contributed by atoms with E-state index in [9.17, 15) is 9.59 Å². The highest BCUT2D eigenvalue weighted by Crippen LogP contribution is 2.34. The van der Waals surface area contributed by atoms with Gasteiger partial charge >= 0.3 is 11.7 Å². The summed E-state index contributed by atoms with van der Waals surface area (Å²) in [5, 5.41) is 0. The van der Waals surface area contributed by atoms with Crippen molar-refractivity contribution in [3.8, 4) is 0 Å². The molecule has 2 heterocycles. The number of ether oxygens (including phenoxy) is 2. The highest BCUT2D eigenvalue weighted by atomic mass is 16.5. The number of benzene rings is 1. The quantitative estimate of drug-likeness (QED) is 0.786. The van der Waals surface area contributed by atoms with E-state index in [0.717, 1.165) is 5.56 Å². The van der Waals surface area contributed by atoms with Crippen molar-refractivity contribution in [3.63, 3.8) is 0 Å². The maximum absolute atomic E-state index is 11.9. The molecule has 1 aromatic carbocycles. The van der Waals surface area contributed by atoms with E-state index < -0.39 is 11.2 Å². The molecule has 3 rings (SSSR count). The minimum absolute atomic E-state index is 0.285. The van der Waals surface area contributed by atoms with Gasteiger partial charge in [-0.2, -0.15) is 0 Å². The second kappa shape index (κ2) is 3.71. The number of carbonyl (C=O) groups excluding carboxylic acids is 1. The first-order chi connectivity index (χ1) is 8.65. The molecule has 0 atom stereocenters. The molecule has 1 aliphatic rings. The number of rotatable bonds is 2. The number of esters is 1. The van der Waals surface area contributed by atoms with Crippen molar-refractivity contribution in [2.75, 3.05) is 20.3 Å². The van der Waals surface area contributed by atoms with E-state index in [2.05, 4.69) is 4.98 Å². The van der Waals surface area contributed by atoms with Crippen LogP contribution in [0.4, 0.5) is 0 Å². The summed E-state index contributed by atoms with van der Waals surface area (Å²) in [6.45, 7) is 0.570. The molecule has 94 valence electrons. The molecule has 6 nitrogen and oxygen atoms in total. The third-order valence-corrected chi connectivity index (χ3v) is 3.24. The molecule has 0 amide bonds. The first-order valence-electron chi connectivity index (χ1n) is 5.45. The maximum Gasteiger partial charge on any atom is 0.417 e. The van der Waals surface area contributed by atoms with E-state index in [1.54, 1.807) is 18.2 Å². The first kappa shape index (κ1) is 11.0. The van der Waals surface area contributed by atoms with Gasteiger partial charge in [0.1, 0.15) is 5.41 Å². The van der Waals surface area contributed by atoms with Crippen LogP contribution in [0.15, 0.2) is 27.4 Å². The minimum atomic E-state index is -0.767. The zero-order valence-electron chi connectivity index (χ0n) is 9.69. The zero-order chi connectivity index (χ0) is 12.8. The number of nitrogens with one attached hydrogen (secondary N) is 1. The lowest BCUT2D eigenvalue weighted by Crippen LogP contribution is -2.53. The molecule has 18 heavy (non-hydrogen) atoms. The average molecular weight is 249 g/mol. The number of aromatic amines is 1. The topological polar surface area (TPSA) is 81.5 Å². The predicted molar refractivity (Wildman–Crippen MR) is 61.3 cm³/mol. The van der Waals surface area contributed by atoms with Crippen LogP contribution in [0.5, 0.6) is 0 Å². The molecule has 0 radical (unpaired) electrons. The third kappa shape index (κ3) is 1.39. The molecule has 0 bridgehead atoms. The first-order valence-corrected chi connectivity index (χ1v) is 5.45. The summed E-state index contributed by atoms with van der Waals surface area (Å²) in [5.74, 6) is -0.849. The molecule has 0 unspecified atom stereocenters. The van der Waals surface area contributed by atoms with Crippen molar-refractivity contribution >= 4 is 17.1 Å². The van der Waals surface area contributed by atoms with Gasteiger partial charge in [0.2, 0.25) is 0 Å². The summed E-state index contributed by atoms with van der Waals surface area (Å²) in [6, 6.07) is 5.13. The van der Waals surface area contributed by atoms with Crippen LogP contribution < -0.4 is 5.76 Å². The Hall–Kier alpha value is -2.08. The Morgan fingerprint density at radius 2 is 2.22 bits per heavy atom. The van der Waals surface area contributed by atoms with Crippen molar-refractivity contribution in [1.82, 2.24) is 4.98 Å². The van der Waals surface area contributed by atoms with Gasteiger partial charge in [0, 0.05) is 0 Å². The van der Waals surface area contributed by atoms with E-state index in [4.69, 9.17) is 13.9 Å². The van der Waals surface area contributed by atoms with Crippen molar-refractivity contribution in [2.24, 2.45) is 0 Å². The van der Waals surface area contributed by atoms with Gasteiger partial charge < -0.3 is 13.9 Å². The Morgan fingerprint density at radius 3 is 2.83 bits per heavy atom. The summed E-state index contributed by atoms with van der Waals surface area (Å²) >= 11 is 0. The van der Waals surface area contributed by atoms with E-state index in [-0.39, 0.29) is 19.2 Å². The fourth-order valence-corrected chi connectivity index (χ4v) is 2.15. The van der Waals surface area contributed by atoms with Crippen LogP contribution in [0, 0.1) is 0 Å². The molecule has 6 heteroatoms. The summed E-state index contributed by atoms with van der Waals surface area (Å²) in [6.07, 6.45) is 0. The van der Waals surface area contributed by atoms with Crippen LogP contribution in [0.2, 0.25) is 0 Å². The number of methoxy groups -OCH3 is 1. The number of hydrogen-bond acceptors (Lipinski definition) is 5. The largest absolute Gasteiger partial charge is 0.468 e. The lowest BCUT2D eigenvalue weighted by Gasteiger charge is -2.38. The van der Waals surface area contributed by atoms with Crippen LogP contribution in [0.25, 0.3) is 11.1 Å². The highest BCUT2D eigenvalue weighted by molar-refractivity contribution is 5.86. The van der Waals surface area contributed by atoms with Gasteiger partial charge in [-0.25, -0.2) is 4.79 Å². The van der Waals surface area contributed by atoms with Crippen molar-refractivity contribution in [1.29, 1.82) is 0 Å². The third-order valence-electron chi connectivity index (χ3n) is 3.24. The van der Waals surface area contributed by atoms with Gasteiger partial charge in [-0.1, -0.05) is 6.07 Å². The summed E-state index contributed by atoms with van der Waals surface area (Å²) < 4.78 is 14.9. The van der Waals surface area contributed by atoms with Gasteiger partial charge in [-0.15, -0.1) is 0 Å². The van der Waals surface area contributed by atoms with E-state index in [0.29, 0.717) is 11.1 Å². The number of fused-ring (bicyclic) bond motifs is 1. The molecule has 1 saturated heterocycles. The van der Waals surface area contributed by atoms with Crippen molar-refractivity contribution in [2.45, 2.75) is 5.41 Å². The molecule has 2 aromatic rings. The normalized spacial score (nSPS) is 17.4. The van der Waals surface area contributed by atoms with Crippen LogP contribution in [-0.2, 0) is 19.7 Å². The van der Waals surface area contributed by atoms with Crippen LogP contribution in [-0.4, -0.2) is 31.3 Å². The number of aromatic nitrogens is 1. The summed E-state index contributed by atoms with van der Waals surface area (Å²) in [4.78, 5) is 25.5. The average Bonchev–Trinajstić information content (AvgIpc) is 2.66. The van der Waals surface area contributed by atoms with Gasteiger partial charge in [0.25, 0.3) is 0 Å². The van der Waals surface area contributed by atoms with Crippen LogP contribution >= 0.6 is 0 Å². The Morgan fingerprint density at radius 1 is 1.44 bits per heavy atom. The van der Waals surface area contributed by atoms with Gasteiger partial charge in [-0.3, -0.25) is 9.78 Å². The predicted octanol–water partition coefficient (Wildman–Crippen LogP) is 0.562. The summed E-state index contributed by atoms with van der Waals surface area (Å²) in [7, 11) is 1.35. The Balaban J connectivity index is 2.12. The monoisotopic (exact) mass is 249 g/mol. The number of hydrogen-bond donors (Lipinski definition) is 1. The van der Waals surface area contributed by atoms with Crippen molar-refractivity contribution in [3.05, 3.63) is 34.3 Å². The second-order valence-electron chi connectivity index (χ2n) is 4.29. The van der Waals surface area contributed by atoms with E-state index >= 15 is 0 Å². The molecule has 0 aliphatic carbocycles. The SMILES string of the molecule is COC(=O)C1(c2ccc3oc(=O)[nH]c3c2)COC1. The summed E-state index contributed by atoms with van der Waals surface area (Å²) in [5.41, 5.74) is 1.01. The van der Waals surface area contributed by atoms with E-state index in [1.807, 2.05) is 0 Å². The van der Waals surface area contributed by atoms with Crippen LogP contribution in [0.1, 0.15) is 5.56 Å². The fraction of sp³-hybridized carbons (Fsp3) is 0.333. The molecular weight excluding hydrogens is 238 g/mol. The number of carbonyl (C=O) groups is 1. The van der Waals surface area contributed by atoms with Gasteiger partial charge in [0.05, 0.1) is 25.8 Å². The Bertz CT molecular complexity index is 664. The minimum Gasteiger partial charge on any atom is -0.468 e. The molecule has 1 N–H and O–H groups in total.